The number of rotatable bonds is 2. The molecule has 2 fully saturated rings. The molecular formula is C11H20N2O3S2. The molecule has 0 aromatic rings. The largest absolute Gasteiger partial charge is 0.338 e. The molecule has 5 nitrogen and oxygen atoms in total. The average Bonchev–Trinajstić information content (AvgIpc) is 2.28. The van der Waals surface area contributed by atoms with E-state index in [0.717, 1.165) is 18.1 Å². The van der Waals surface area contributed by atoms with Crippen LogP contribution in [0.3, 0.4) is 0 Å². The quantitative estimate of drug-likeness (QED) is 0.759. The highest BCUT2D eigenvalue weighted by Crippen LogP contribution is 2.16. The maximum atomic E-state index is 12.2. The Morgan fingerprint density at radius 2 is 2.28 bits per heavy atom. The average molecular weight is 292 g/mol. The highest BCUT2D eigenvalue weighted by Gasteiger charge is 2.32. The van der Waals surface area contributed by atoms with Crippen molar-refractivity contribution in [3.63, 3.8) is 0 Å². The fourth-order valence-corrected chi connectivity index (χ4v) is 4.95. The minimum atomic E-state index is -2.95. The summed E-state index contributed by atoms with van der Waals surface area (Å²) in [7, 11) is -2.95. The van der Waals surface area contributed by atoms with Crippen LogP contribution >= 0.6 is 11.8 Å². The molecule has 2 rings (SSSR count). The lowest BCUT2D eigenvalue weighted by Gasteiger charge is -2.34. The Morgan fingerprint density at radius 3 is 2.89 bits per heavy atom. The van der Waals surface area contributed by atoms with E-state index in [2.05, 4.69) is 5.32 Å². The van der Waals surface area contributed by atoms with Gasteiger partial charge in [0.25, 0.3) is 0 Å². The molecule has 0 aromatic carbocycles. The van der Waals surface area contributed by atoms with Crippen molar-refractivity contribution in [2.24, 2.45) is 0 Å². The van der Waals surface area contributed by atoms with E-state index >= 15 is 0 Å². The first-order chi connectivity index (χ1) is 8.48. The number of amides is 1. The molecule has 2 aliphatic heterocycles. The Morgan fingerprint density at radius 1 is 1.50 bits per heavy atom. The minimum Gasteiger partial charge on any atom is -0.338 e. The van der Waals surface area contributed by atoms with Crippen LogP contribution in [0.15, 0.2) is 0 Å². The minimum absolute atomic E-state index is 0.0809. The molecule has 2 heterocycles. The molecule has 0 radical (unpaired) electrons. The van der Waals surface area contributed by atoms with Crippen molar-refractivity contribution in [2.75, 3.05) is 36.1 Å². The molecule has 0 aliphatic carbocycles. The molecule has 0 aromatic heterocycles. The van der Waals surface area contributed by atoms with Gasteiger partial charge >= 0.3 is 0 Å². The Labute approximate surface area is 113 Å². The van der Waals surface area contributed by atoms with Gasteiger partial charge < -0.3 is 10.2 Å². The van der Waals surface area contributed by atoms with Crippen LogP contribution in [0.1, 0.15) is 13.3 Å². The Kier molecular flexibility index (Phi) is 4.55. The number of nitrogens with one attached hydrogen (secondary N) is 1. The van der Waals surface area contributed by atoms with Gasteiger partial charge in [-0.2, -0.15) is 11.8 Å². The number of hydrogen-bond acceptors (Lipinski definition) is 5. The fraction of sp³-hybridized carbons (Fsp3) is 0.909. The van der Waals surface area contributed by atoms with Crippen molar-refractivity contribution >= 4 is 27.5 Å². The topological polar surface area (TPSA) is 66.5 Å². The third kappa shape index (κ3) is 3.61. The second-order valence-corrected chi connectivity index (χ2v) is 8.36. The molecule has 2 unspecified atom stereocenters. The van der Waals surface area contributed by atoms with Gasteiger partial charge in [-0.1, -0.05) is 0 Å². The summed E-state index contributed by atoms with van der Waals surface area (Å²) in [5.74, 6) is 2.36. The van der Waals surface area contributed by atoms with Crippen LogP contribution in [-0.4, -0.2) is 67.4 Å². The summed E-state index contributed by atoms with van der Waals surface area (Å²) in [5.41, 5.74) is 0. The van der Waals surface area contributed by atoms with E-state index in [9.17, 15) is 13.2 Å². The lowest BCUT2D eigenvalue weighted by Crippen LogP contribution is -2.51. The van der Waals surface area contributed by atoms with Gasteiger partial charge in [-0.25, -0.2) is 8.42 Å². The third-order valence-corrected chi connectivity index (χ3v) is 6.34. The van der Waals surface area contributed by atoms with Gasteiger partial charge in [0.1, 0.15) is 0 Å². The molecular weight excluding hydrogens is 272 g/mol. The molecule has 1 N–H and O–H groups in total. The number of hydrogen-bond donors (Lipinski definition) is 1. The van der Waals surface area contributed by atoms with Gasteiger partial charge in [-0.15, -0.1) is 0 Å². The van der Waals surface area contributed by atoms with Crippen LogP contribution in [0.5, 0.6) is 0 Å². The SMILES string of the molecule is CC1CS(=O)(=O)CCN1C(=O)CC1CSCCN1. The zero-order valence-electron chi connectivity index (χ0n) is 10.6. The van der Waals surface area contributed by atoms with E-state index < -0.39 is 9.84 Å². The summed E-state index contributed by atoms with van der Waals surface area (Å²) >= 11 is 1.86. The van der Waals surface area contributed by atoms with E-state index in [1.807, 2.05) is 18.7 Å². The molecule has 0 saturated carbocycles. The van der Waals surface area contributed by atoms with E-state index in [1.54, 1.807) is 4.90 Å². The summed E-state index contributed by atoms with van der Waals surface area (Å²) in [6, 6.07) is 0.0504. The molecule has 1 amide bonds. The number of thioether (sulfide) groups is 1. The monoisotopic (exact) mass is 292 g/mol. The predicted molar refractivity (Wildman–Crippen MR) is 73.6 cm³/mol. The molecule has 104 valence electrons. The summed E-state index contributed by atoms with van der Waals surface area (Å²) in [6.07, 6.45) is 0.484. The van der Waals surface area contributed by atoms with Gasteiger partial charge in [0.2, 0.25) is 5.91 Å². The first-order valence-electron chi connectivity index (χ1n) is 6.29. The lowest BCUT2D eigenvalue weighted by molar-refractivity contribution is -0.133. The number of sulfone groups is 1. The molecule has 2 saturated heterocycles. The van der Waals surface area contributed by atoms with Gasteiger partial charge in [0, 0.05) is 43.1 Å². The van der Waals surface area contributed by atoms with Crippen LogP contribution in [0.4, 0.5) is 0 Å². The van der Waals surface area contributed by atoms with Gasteiger partial charge in [-0.3, -0.25) is 4.79 Å². The molecule has 0 bridgehead atoms. The van der Waals surface area contributed by atoms with Crippen molar-refractivity contribution in [3.8, 4) is 0 Å². The Hall–Kier alpha value is -0.270. The van der Waals surface area contributed by atoms with Crippen LogP contribution in [0.2, 0.25) is 0 Å². The zero-order valence-corrected chi connectivity index (χ0v) is 12.2. The van der Waals surface area contributed by atoms with Crippen molar-refractivity contribution in [2.45, 2.75) is 25.4 Å². The van der Waals surface area contributed by atoms with E-state index in [0.29, 0.717) is 13.0 Å². The second kappa shape index (κ2) is 5.79. The predicted octanol–water partition coefficient (Wildman–Crippen LogP) is -0.273. The Bertz CT molecular complexity index is 405. The van der Waals surface area contributed by atoms with Crippen LogP contribution < -0.4 is 5.32 Å². The lowest BCUT2D eigenvalue weighted by atomic mass is 10.2. The summed E-state index contributed by atoms with van der Waals surface area (Å²) < 4.78 is 22.9. The van der Waals surface area contributed by atoms with Gasteiger partial charge in [-0.05, 0) is 6.92 Å². The first kappa shape index (κ1) is 14.1. The van der Waals surface area contributed by atoms with Gasteiger partial charge in [0.05, 0.1) is 11.5 Å². The van der Waals surface area contributed by atoms with Crippen molar-refractivity contribution in [1.82, 2.24) is 10.2 Å². The normalized spacial score (nSPS) is 32.2. The van der Waals surface area contributed by atoms with E-state index in [4.69, 9.17) is 0 Å². The summed E-state index contributed by atoms with van der Waals surface area (Å²) in [4.78, 5) is 13.9. The van der Waals surface area contributed by atoms with E-state index in [-0.39, 0.29) is 29.5 Å². The zero-order chi connectivity index (χ0) is 13.2. The van der Waals surface area contributed by atoms with Crippen LogP contribution in [0, 0.1) is 0 Å². The van der Waals surface area contributed by atoms with Crippen molar-refractivity contribution in [1.29, 1.82) is 0 Å². The second-order valence-electron chi connectivity index (χ2n) is 4.98. The fourth-order valence-electron chi connectivity index (χ4n) is 2.45. The summed E-state index contributed by atoms with van der Waals surface area (Å²) in [6.45, 7) is 3.12. The van der Waals surface area contributed by atoms with Crippen LogP contribution in [0.25, 0.3) is 0 Å². The standard InChI is InChI=1S/C11H20N2O3S2/c1-9-8-18(15,16)5-3-13(9)11(14)6-10-7-17-4-2-12-10/h9-10,12H,2-8H2,1H3. The summed E-state index contributed by atoms with van der Waals surface area (Å²) in [5, 5.41) is 3.33. The van der Waals surface area contributed by atoms with Crippen molar-refractivity contribution in [3.05, 3.63) is 0 Å². The number of carbonyl (C=O) groups is 1. The van der Waals surface area contributed by atoms with Gasteiger partial charge in [0.15, 0.2) is 9.84 Å². The maximum Gasteiger partial charge on any atom is 0.224 e. The molecule has 0 spiro atoms. The Balaban J connectivity index is 1.89. The number of carbonyl (C=O) groups excluding carboxylic acids is 1. The molecule has 18 heavy (non-hydrogen) atoms. The molecule has 2 aliphatic rings. The maximum absolute atomic E-state index is 12.2. The number of nitrogens with zero attached hydrogens (tertiary/aromatic N) is 1. The highest BCUT2D eigenvalue weighted by molar-refractivity contribution is 7.99. The van der Waals surface area contributed by atoms with Crippen molar-refractivity contribution < 1.29 is 13.2 Å². The highest BCUT2D eigenvalue weighted by atomic mass is 32.2. The van der Waals surface area contributed by atoms with Crippen LogP contribution in [-0.2, 0) is 14.6 Å². The third-order valence-electron chi connectivity index (χ3n) is 3.41. The van der Waals surface area contributed by atoms with E-state index in [1.165, 1.54) is 0 Å². The smallest absolute Gasteiger partial charge is 0.224 e. The first-order valence-corrected chi connectivity index (χ1v) is 9.26. The molecule has 7 heteroatoms. The molecule has 2 atom stereocenters.